The van der Waals surface area contributed by atoms with E-state index < -0.39 is 0 Å². The number of nitrogens with two attached hydrogens (primary N) is 3. The fourth-order valence-electron chi connectivity index (χ4n) is 3.07. The number of fused-ring (bicyclic) bond motifs is 5. The Morgan fingerprint density at radius 3 is 1.76 bits per heavy atom. The molecule has 6 N–H and O–H groups in total. The van der Waals surface area contributed by atoms with E-state index >= 15 is 0 Å². The lowest BCUT2D eigenvalue weighted by Gasteiger charge is -2.12. The molecule has 0 aromatic heterocycles. The van der Waals surface area contributed by atoms with Gasteiger partial charge in [-0.05, 0) is 45.8 Å². The second kappa shape index (κ2) is 4.03. The van der Waals surface area contributed by atoms with Gasteiger partial charge in [-0.2, -0.15) is 0 Å². The Morgan fingerprint density at radius 2 is 1.05 bits per heavy atom. The van der Waals surface area contributed by atoms with Gasteiger partial charge in [0.1, 0.15) is 0 Å². The van der Waals surface area contributed by atoms with E-state index in [1.807, 2.05) is 48.5 Å². The van der Waals surface area contributed by atoms with E-state index in [1.54, 1.807) is 0 Å². The minimum Gasteiger partial charge on any atom is -0.399 e. The molecule has 102 valence electrons. The van der Waals surface area contributed by atoms with E-state index in [4.69, 9.17) is 17.2 Å². The number of anilines is 3. The quantitative estimate of drug-likeness (QED) is 0.336. The summed E-state index contributed by atoms with van der Waals surface area (Å²) in [6.45, 7) is 0. The first kappa shape index (κ1) is 11.9. The number of nitrogen functional groups attached to an aromatic ring is 3. The highest BCUT2D eigenvalue weighted by Crippen LogP contribution is 2.37. The molecule has 0 amide bonds. The minimum atomic E-state index is 0.710. The molecule has 0 bridgehead atoms. The van der Waals surface area contributed by atoms with Crippen molar-refractivity contribution in [3.8, 4) is 0 Å². The zero-order valence-corrected chi connectivity index (χ0v) is 11.4. The second-order valence-electron chi connectivity index (χ2n) is 5.38. The van der Waals surface area contributed by atoms with Crippen molar-refractivity contribution in [1.29, 1.82) is 0 Å². The van der Waals surface area contributed by atoms with Crippen molar-refractivity contribution in [3.63, 3.8) is 0 Å². The summed E-state index contributed by atoms with van der Waals surface area (Å²) in [6, 6.07) is 18.0. The molecule has 3 nitrogen and oxygen atoms in total. The van der Waals surface area contributed by atoms with Crippen LogP contribution in [0.5, 0.6) is 0 Å². The smallest absolute Gasteiger partial charge is 0.0401 e. The van der Waals surface area contributed by atoms with Crippen LogP contribution < -0.4 is 17.2 Å². The highest BCUT2D eigenvalue weighted by molar-refractivity contribution is 6.23. The predicted octanol–water partition coefficient (Wildman–Crippen LogP) is 3.89. The van der Waals surface area contributed by atoms with Gasteiger partial charge < -0.3 is 17.2 Å². The van der Waals surface area contributed by atoms with Crippen LogP contribution in [0.2, 0.25) is 0 Å². The summed E-state index contributed by atoms with van der Waals surface area (Å²) in [5, 5.41) is 6.45. The molecule has 0 aliphatic rings. The van der Waals surface area contributed by atoms with Gasteiger partial charge in [-0.25, -0.2) is 0 Å². The highest BCUT2D eigenvalue weighted by Gasteiger charge is 2.10. The van der Waals surface area contributed by atoms with Gasteiger partial charge in [-0.1, -0.05) is 30.3 Å². The summed E-state index contributed by atoms with van der Waals surface area (Å²) in [7, 11) is 0. The van der Waals surface area contributed by atoms with Crippen molar-refractivity contribution in [2.75, 3.05) is 17.2 Å². The monoisotopic (exact) mass is 273 g/mol. The van der Waals surface area contributed by atoms with Gasteiger partial charge in [-0.15, -0.1) is 0 Å². The molecule has 0 aliphatic heterocycles. The van der Waals surface area contributed by atoms with E-state index in [0.29, 0.717) is 5.69 Å². The van der Waals surface area contributed by atoms with E-state index in [9.17, 15) is 0 Å². The van der Waals surface area contributed by atoms with Crippen LogP contribution >= 0.6 is 0 Å². The summed E-state index contributed by atoms with van der Waals surface area (Å²) in [6.07, 6.45) is 0. The molecule has 0 saturated carbocycles. The number of hydrogen-bond donors (Lipinski definition) is 3. The van der Waals surface area contributed by atoms with Gasteiger partial charge >= 0.3 is 0 Å². The lowest BCUT2D eigenvalue weighted by atomic mass is 9.95. The van der Waals surface area contributed by atoms with Gasteiger partial charge in [0, 0.05) is 27.8 Å². The molecule has 0 unspecified atom stereocenters. The van der Waals surface area contributed by atoms with Crippen molar-refractivity contribution < 1.29 is 0 Å². The Balaban J connectivity index is 2.33. The Kier molecular flexibility index (Phi) is 2.27. The van der Waals surface area contributed by atoms with Crippen molar-refractivity contribution in [3.05, 3.63) is 54.6 Å². The molecule has 0 saturated heterocycles. The molecule has 4 aromatic rings. The van der Waals surface area contributed by atoms with Crippen LogP contribution in [0, 0.1) is 0 Å². The molecule has 4 aromatic carbocycles. The predicted molar refractivity (Wildman–Crippen MR) is 92.2 cm³/mol. The minimum absolute atomic E-state index is 0.710. The zero-order valence-electron chi connectivity index (χ0n) is 11.4. The summed E-state index contributed by atoms with van der Waals surface area (Å²) >= 11 is 0. The fourth-order valence-corrected chi connectivity index (χ4v) is 3.07. The Labute approximate surface area is 121 Å². The van der Waals surface area contributed by atoms with Crippen LogP contribution in [-0.2, 0) is 0 Å². The van der Waals surface area contributed by atoms with E-state index in [2.05, 4.69) is 6.07 Å². The first-order valence-electron chi connectivity index (χ1n) is 6.84. The first-order valence-corrected chi connectivity index (χ1v) is 6.84. The largest absolute Gasteiger partial charge is 0.399 e. The third-order valence-corrected chi connectivity index (χ3v) is 4.06. The maximum absolute atomic E-state index is 6.23. The molecule has 0 spiro atoms. The molecule has 0 aliphatic carbocycles. The van der Waals surface area contributed by atoms with E-state index in [-0.39, 0.29) is 0 Å². The third-order valence-electron chi connectivity index (χ3n) is 4.06. The van der Waals surface area contributed by atoms with Crippen LogP contribution in [-0.4, -0.2) is 0 Å². The SMILES string of the molecule is Nc1ccc2c(c1)c(N)cc1c3ccccc3c(N)cc21. The Hall–Kier alpha value is -2.94. The number of benzene rings is 4. The summed E-state index contributed by atoms with van der Waals surface area (Å²) < 4.78 is 0. The van der Waals surface area contributed by atoms with E-state index in [0.717, 1.165) is 43.7 Å². The van der Waals surface area contributed by atoms with Gasteiger partial charge in [0.15, 0.2) is 0 Å². The van der Waals surface area contributed by atoms with Crippen molar-refractivity contribution in [2.45, 2.75) is 0 Å². The summed E-state index contributed by atoms with van der Waals surface area (Å²) in [4.78, 5) is 0. The maximum Gasteiger partial charge on any atom is 0.0401 e. The van der Waals surface area contributed by atoms with Gasteiger partial charge in [-0.3, -0.25) is 0 Å². The maximum atomic E-state index is 6.23. The van der Waals surface area contributed by atoms with Crippen molar-refractivity contribution >= 4 is 49.4 Å². The molecule has 0 atom stereocenters. The van der Waals surface area contributed by atoms with Gasteiger partial charge in [0.2, 0.25) is 0 Å². The van der Waals surface area contributed by atoms with Crippen LogP contribution in [0.15, 0.2) is 54.6 Å². The summed E-state index contributed by atoms with van der Waals surface area (Å²) in [5.41, 5.74) is 20.6. The third kappa shape index (κ3) is 1.61. The van der Waals surface area contributed by atoms with Crippen LogP contribution in [0.25, 0.3) is 32.3 Å². The average Bonchev–Trinajstić information content (AvgIpc) is 2.49. The van der Waals surface area contributed by atoms with E-state index in [1.165, 1.54) is 0 Å². The Bertz CT molecular complexity index is 1020. The molecular weight excluding hydrogens is 258 g/mol. The number of rotatable bonds is 0. The molecular formula is C18H15N3. The first-order chi connectivity index (χ1) is 10.1. The molecule has 0 heterocycles. The molecule has 21 heavy (non-hydrogen) atoms. The van der Waals surface area contributed by atoms with Gasteiger partial charge in [0.05, 0.1) is 0 Å². The lowest BCUT2D eigenvalue weighted by molar-refractivity contribution is 1.73. The Morgan fingerprint density at radius 1 is 0.476 bits per heavy atom. The normalized spacial score (nSPS) is 11.4. The second-order valence-corrected chi connectivity index (χ2v) is 5.38. The molecule has 0 radical (unpaired) electrons. The van der Waals surface area contributed by atoms with Gasteiger partial charge in [0.25, 0.3) is 0 Å². The lowest BCUT2D eigenvalue weighted by Crippen LogP contribution is -1.93. The average molecular weight is 273 g/mol. The fraction of sp³-hybridized carbons (Fsp3) is 0. The van der Waals surface area contributed by atoms with Crippen LogP contribution in [0.1, 0.15) is 0 Å². The van der Waals surface area contributed by atoms with Crippen LogP contribution in [0.4, 0.5) is 17.1 Å². The molecule has 4 rings (SSSR count). The summed E-state index contributed by atoms with van der Waals surface area (Å²) in [5.74, 6) is 0. The highest BCUT2D eigenvalue weighted by atomic mass is 14.6. The molecule has 3 heteroatoms. The number of hydrogen-bond acceptors (Lipinski definition) is 3. The van der Waals surface area contributed by atoms with Crippen molar-refractivity contribution in [2.24, 2.45) is 0 Å². The topological polar surface area (TPSA) is 78.1 Å². The van der Waals surface area contributed by atoms with Crippen molar-refractivity contribution in [1.82, 2.24) is 0 Å². The standard InChI is InChI=1S/C18H15N3/c19-10-5-6-12-15-8-17(20)13-4-2-1-3-11(13)14(15)9-18(21)16(12)7-10/h1-9H,19-21H2. The zero-order chi connectivity index (χ0) is 14.6. The molecule has 0 fully saturated rings. The van der Waals surface area contributed by atoms with Crippen LogP contribution in [0.3, 0.4) is 0 Å².